The number of hydrogen-bond donors (Lipinski definition) is 17. The molecule has 11 fully saturated rings. The molecule has 7 saturated heterocycles. The summed E-state index contributed by atoms with van der Waals surface area (Å²) in [6.07, 6.45) is -34.8. The summed E-state index contributed by atoms with van der Waals surface area (Å²) in [4.78, 5) is 12.7. The molecule has 7 heterocycles. The number of aliphatic hydroxyl groups excluding tert-OH is 16. The van der Waals surface area contributed by atoms with Gasteiger partial charge in [0, 0.05) is 19.4 Å². The lowest BCUT2D eigenvalue weighted by molar-refractivity contribution is -0.404. The van der Waals surface area contributed by atoms with Gasteiger partial charge in [0.2, 0.25) is 0 Å². The number of carbonyl (C=O) groups is 1. The quantitative estimate of drug-likeness (QED) is 0.0505. The molecule has 0 aromatic rings. The summed E-state index contributed by atoms with van der Waals surface area (Å²) in [6.45, 7) is 5.16. The molecule has 1 spiro atoms. The van der Waals surface area contributed by atoms with Crippen LogP contribution in [0.3, 0.4) is 0 Å². The monoisotopic (exact) mass is 1270 g/mol. The number of carbonyl (C=O) groups excluding carboxylic acids is 1. The zero-order chi connectivity index (χ0) is 63.2. The average Bonchev–Trinajstić information content (AvgIpc) is 1.50. The number of aliphatic hydroxyl groups is 16. The van der Waals surface area contributed by atoms with E-state index in [2.05, 4.69) is 26.1 Å². The van der Waals surface area contributed by atoms with Gasteiger partial charge in [0.1, 0.15) is 122 Å². The number of rotatable bonds is 16. The molecule has 0 amide bonds. The van der Waals surface area contributed by atoms with Crippen molar-refractivity contribution in [3.8, 4) is 0 Å². The molecule has 0 aromatic carbocycles. The van der Waals surface area contributed by atoms with Gasteiger partial charge in [0.25, 0.3) is 0 Å². The zero-order valence-electron chi connectivity index (χ0n) is 49.9. The van der Waals surface area contributed by atoms with E-state index < -0.39 is 204 Å². The highest BCUT2D eigenvalue weighted by Crippen LogP contribution is 2.71. The van der Waals surface area contributed by atoms with Crippen molar-refractivity contribution < 1.29 is 143 Å². The Kier molecular flexibility index (Phi) is 20.7. The molecule has 11 rings (SSSR count). The molecule has 506 valence electrons. The van der Waals surface area contributed by atoms with Crippen molar-refractivity contribution in [3.05, 3.63) is 0 Å². The summed E-state index contributed by atoms with van der Waals surface area (Å²) in [5.74, 6) is 0.879. The van der Waals surface area contributed by atoms with Crippen LogP contribution in [0.5, 0.6) is 0 Å². The van der Waals surface area contributed by atoms with Gasteiger partial charge in [-0.2, -0.15) is 0 Å². The van der Waals surface area contributed by atoms with E-state index in [4.69, 9.17) is 56.8 Å². The van der Waals surface area contributed by atoms with Gasteiger partial charge in [0.15, 0.2) is 37.2 Å². The highest BCUT2D eigenvalue weighted by Gasteiger charge is 2.71. The molecule has 30 nitrogen and oxygen atoms in total. The third-order valence-corrected chi connectivity index (χ3v) is 22.7. The van der Waals surface area contributed by atoms with Gasteiger partial charge in [-0.15, -0.1) is 0 Å². The van der Waals surface area contributed by atoms with E-state index in [1.54, 1.807) is 0 Å². The van der Waals surface area contributed by atoms with Gasteiger partial charge in [-0.25, -0.2) is 0 Å². The second-order valence-corrected chi connectivity index (χ2v) is 27.5. The summed E-state index contributed by atoms with van der Waals surface area (Å²) >= 11 is 0. The highest BCUT2D eigenvalue weighted by atomic mass is 16.8. The van der Waals surface area contributed by atoms with Gasteiger partial charge >= 0.3 is 5.97 Å². The van der Waals surface area contributed by atoms with Gasteiger partial charge in [0.05, 0.1) is 51.8 Å². The molecular formula is C58H95NO29. The maximum atomic E-state index is 12.7. The SMILES string of the molecule is CC(=O)O[C@H]1C[C@H](CO[C@@H]2O[C@H](CO)[C@@H](O)[C@H](O)[C@H]2O)CN[C@@]12O[C@H]1C[C@H]3[C@@H]4CC[C@H]5C[C@@H](O[C@@H]6O[C@H](CO)[C@H](O[C@@H]7O[C@H](CO)[C@@H](O)[C@H](O[C@@H]8OC[C@@H](O)[C@H](O)[C@H]8O)[C@H]7O[C@@H]7O[C@H](CO)C(O)C(O)C7O)C(O)C6O)CC[C@]5(C)[C@H]4CC[C@]3(C)[C@H]1[C@@H]2C. The molecule has 0 radical (unpaired) electrons. The number of fused-ring (bicyclic) bond motifs is 7. The summed E-state index contributed by atoms with van der Waals surface area (Å²) in [7, 11) is 0. The van der Waals surface area contributed by atoms with Gasteiger partial charge < -0.3 is 139 Å². The Morgan fingerprint density at radius 1 is 0.545 bits per heavy atom. The van der Waals surface area contributed by atoms with Crippen LogP contribution in [-0.2, 0) is 61.6 Å². The van der Waals surface area contributed by atoms with E-state index in [0.29, 0.717) is 43.6 Å². The van der Waals surface area contributed by atoms with Crippen molar-refractivity contribution in [2.75, 3.05) is 46.2 Å². The fourth-order valence-corrected chi connectivity index (χ4v) is 18.0. The lowest BCUT2D eigenvalue weighted by atomic mass is 9.44. The molecular weight excluding hydrogens is 1170 g/mol. The van der Waals surface area contributed by atoms with Crippen LogP contribution >= 0.6 is 0 Å². The van der Waals surface area contributed by atoms with Crippen LogP contribution in [0.1, 0.15) is 85.5 Å². The number of piperidine rings is 1. The lowest BCUT2D eigenvalue weighted by Gasteiger charge is -2.61. The molecule has 4 saturated carbocycles. The van der Waals surface area contributed by atoms with Crippen LogP contribution in [0, 0.1) is 52.3 Å². The van der Waals surface area contributed by atoms with Crippen molar-refractivity contribution in [2.45, 2.75) is 257 Å². The maximum absolute atomic E-state index is 12.7. The van der Waals surface area contributed by atoms with Gasteiger partial charge in [-0.3, -0.25) is 10.1 Å². The molecule has 30 heteroatoms. The maximum Gasteiger partial charge on any atom is 0.303 e. The van der Waals surface area contributed by atoms with Crippen molar-refractivity contribution >= 4 is 5.97 Å². The molecule has 11 aliphatic rings. The van der Waals surface area contributed by atoms with E-state index in [9.17, 15) is 86.5 Å². The van der Waals surface area contributed by atoms with Crippen molar-refractivity contribution in [3.63, 3.8) is 0 Å². The van der Waals surface area contributed by atoms with Crippen molar-refractivity contribution in [2.24, 2.45) is 52.3 Å². The Morgan fingerprint density at radius 3 is 1.78 bits per heavy atom. The molecule has 4 aliphatic carbocycles. The van der Waals surface area contributed by atoms with Gasteiger partial charge in [-0.1, -0.05) is 20.8 Å². The Bertz CT molecular complexity index is 2330. The minimum absolute atomic E-state index is 0.0503. The first-order valence-corrected chi connectivity index (χ1v) is 31.5. The fraction of sp³-hybridized carbons (Fsp3) is 0.983. The standard InChI is InChI=1S/C58H95NO29/c1-21-36-30(88-58(21)35(79-22(2)64)11-23(14-59-58)19-77-51-45(74)41(70)38(67)31(15-60)81-51)13-28-26-6-5-24-12-25(7-9-56(24,3)27(26)8-10-57(28,36)4)80-53-47(76)43(72)48(34(18-63)84-53)85-55-50(87-54-46(75)42(71)39(68)32(16-61)82-54)49(40(69)33(17-62)83-55)86-52-44(73)37(66)29(65)20-78-52/h21,23-55,59-63,65-76H,5-20H2,1-4H3/t21-,23-,24-,25-,26+,27-,28-,29+,30-,31+,32+,33+,34+,35-,36-,37-,38+,39?,40+,41-,42?,43?,44+,45+,46?,47?,48-,49-,50+,51+,52-,53+,54-,55-,56-,57-,58-/m0/s1. The molecule has 37 atom stereocenters. The van der Waals surface area contributed by atoms with E-state index in [-0.39, 0.29) is 47.2 Å². The van der Waals surface area contributed by atoms with Crippen LogP contribution < -0.4 is 5.32 Å². The number of esters is 1. The Balaban J connectivity index is 0.728. The van der Waals surface area contributed by atoms with Crippen molar-refractivity contribution in [1.82, 2.24) is 5.32 Å². The van der Waals surface area contributed by atoms with Crippen LogP contribution in [0.15, 0.2) is 0 Å². The van der Waals surface area contributed by atoms with Crippen molar-refractivity contribution in [1.29, 1.82) is 0 Å². The molecule has 7 aliphatic heterocycles. The second kappa shape index (κ2) is 26.9. The van der Waals surface area contributed by atoms with E-state index in [0.717, 1.165) is 38.5 Å². The van der Waals surface area contributed by atoms with Crippen LogP contribution in [-0.4, -0.2) is 305 Å². The number of ether oxygens (including phenoxy) is 12. The molecule has 5 unspecified atom stereocenters. The summed E-state index contributed by atoms with van der Waals surface area (Å²) in [5, 5.41) is 175. The lowest BCUT2D eigenvalue weighted by Crippen LogP contribution is -2.68. The van der Waals surface area contributed by atoms with E-state index in [1.807, 2.05) is 0 Å². The second-order valence-electron chi connectivity index (χ2n) is 27.5. The first-order valence-electron chi connectivity index (χ1n) is 31.5. The highest BCUT2D eigenvalue weighted by molar-refractivity contribution is 5.66. The zero-order valence-corrected chi connectivity index (χ0v) is 49.9. The number of nitrogens with one attached hydrogen (secondary N) is 1. The molecule has 0 aromatic heterocycles. The summed E-state index contributed by atoms with van der Waals surface area (Å²) < 4.78 is 72.8. The van der Waals surface area contributed by atoms with Crippen LogP contribution in [0.25, 0.3) is 0 Å². The van der Waals surface area contributed by atoms with Crippen LogP contribution in [0.2, 0.25) is 0 Å². The Morgan fingerprint density at radius 2 is 1.11 bits per heavy atom. The third-order valence-electron chi connectivity index (χ3n) is 22.7. The predicted molar refractivity (Wildman–Crippen MR) is 289 cm³/mol. The third kappa shape index (κ3) is 12.1. The van der Waals surface area contributed by atoms with Gasteiger partial charge in [-0.05, 0) is 104 Å². The largest absolute Gasteiger partial charge is 0.458 e. The minimum atomic E-state index is -2.03. The predicted octanol–water partition coefficient (Wildman–Crippen LogP) is -6.36. The van der Waals surface area contributed by atoms with E-state index >= 15 is 0 Å². The topological polar surface area (TPSA) is 464 Å². The van der Waals surface area contributed by atoms with Crippen LogP contribution in [0.4, 0.5) is 0 Å². The Hall–Kier alpha value is -1.65. The summed E-state index contributed by atoms with van der Waals surface area (Å²) in [6, 6.07) is 0. The molecule has 0 bridgehead atoms. The molecule has 17 N–H and O–H groups in total. The smallest absolute Gasteiger partial charge is 0.303 e. The summed E-state index contributed by atoms with van der Waals surface area (Å²) in [5.41, 5.74) is -1.09. The minimum Gasteiger partial charge on any atom is -0.458 e. The number of hydrogen-bond acceptors (Lipinski definition) is 30. The van der Waals surface area contributed by atoms with E-state index in [1.165, 1.54) is 6.92 Å². The average molecular weight is 1270 g/mol. The fourth-order valence-electron chi connectivity index (χ4n) is 18.0. The first kappa shape index (κ1) is 67.8. The first-order chi connectivity index (χ1) is 41.8. The normalized spacial score (nSPS) is 55.5. The Labute approximate surface area is 508 Å². The molecule has 88 heavy (non-hydrogen) atoms.